The van der Waals surface area contributed by atoms with Crippen LogP contribution in [0.2, 0.25) is 0 Å². The number of amides is 1. The van der Waals surface area contributed by atoms with Crippen molar-refractivity contribution in [2.24, 2.45) is 5.73 Å². The number of primary amides is 1. The zero-order chi connectivity index (χ0) is 15.2. The smallest absolute Gasteiger partial charge is 0.237 e. The molecule has 0 spiro atoms. The normalized spacial score (nSPS) is 27.2. The second-order valence-corrected chi connectivity index (χ2v) is 6.44. The van der Waals surface area contributed by atoms with Gasteiger partial charge in [0.15, 0.2) is 0 Å². The van der Waals surface area contributed by atoms with Gasteiger partial charge in [-0.2, -0.15) is 0 Å². The molecule has 0 saturated carbocycles. The zero-order valence-electron chi connectivity index (χ0n) is 13.5. The van der Waals surface area contributed by atoms with Crippen molar-refractivity contribution < 1.29 is 9.53 Å². The molecule has 1 fully saturated rings. The Morgan fingerprint density at radius 3 is 2.75 bits per heavy atom. The third kappa shape index (κ3) is 4.72. The molecule has 0 bridgehead atoms. The zero-order valence-corrected chi connectivity index (χ0v) is 13.5. The van der Waals surface area contributed by atoms with Gasteiger partial charge < -0.3 is 20.7 Å². The molecule has 0 aliphatic carbocycles. The number of nitrogens with two attached hydrogens (primary N) is 1. The number of carbonyl (C=O) groups excluding carboxylic acids is 1. The van der Waals surface area contributed by atoms with E-state index in [9.17, 15) is 4.79 Å². The average Bonchev–Trinajstić information content (AvgIpc) is 2.43. The molecular formula is C15H31N3O2. The largest absolute Gasteiger partial charge is 0.377 e. The lowest BCUT2D eigenvalue weighted by Gasteiger charge is -2.39. The fourth-order valence-corrected chi connectivity index (χ4v) is 2.85. The molecule has 5 nitrogen and oxygen atoms in total. The molecule has 5 heteroatoms. The van der Waals surface area contributed by atoms with Gasteiger partial charge >= 0.3 is 0 Å². The molecule has 0 aromatic carbocycles. The molecule has 0 radical (unpaired) electrons. The van der Waals surface area contributed by atoms with Crippen LogP contribution in [-0.2, 0) is 9.53 Å². The van der Waals surface area contributed by atoms with Crippen molar-refractivity contribution in [3.8, 4) is 0 Å². The highest BCUT2D eigenvalue weighted by Gasteiger charge is 2.31. The van der Waals surface area contributed by atoms with Gasteiger partial charge in [-0.1, -0.05) is 0 Å². The lowest BCUT2D eigenvalue weighted by Crippen LogP contribution is -2.51. The lowest BCUT2D eigenvalue weighted by atomic mass is 9.93. The topological polar surface area (TPSA) is 67.6 Å². The minimum atomic E-state index is -0.580. The number of nitrogens with zero attached hydrogens (tertiary/aromatic N) is 1. The van der Waals surface area contributed by atoms with E-state index in [1.165, 1.54) is 6.42 Å². The monoisotopic (exact) mass is 285 g/mol. The summed E-state index contributed by atoms with van der Waals surface area (Å²) in [6, 6.07) is 0. The fourth-order valence-electron chi connectivity index (χ4n) is 2.85. The second kappa shape index (κ2) is 7.38. The SMILES string of the molecule is CNC(C)(CCCCN1CCCC(C)(OC)C1)C(N)=O. The molecule has 1 heterocycles. The van der Waals surface area contributed by atoms with Crippen LogP contribution in [0, 0.1) is 0 Å². The second-order valence-electron chi connectivity index (χ2n) is 6.44. The first kappa shape index (κ1) is 17.4. The Hall–Kier alpha value is -0.650. The summed E-state index contributed by atoms with van der Waals surface area (Å²) < 4.78 is 5.61. The summed E-state index contributed by atoms with van der Waals surface area (Å²) in [5.41, 5.74) is 4.86. The number of hydrogen-bond donors (Lipinski definition) is 2. The van der Waals surface area contributed by atoms with Crippen LogP contribution in [0.15, 0.2) is 0 Å². The number of carbonyl (C=O) groups is 1. The molecule has 1 aliphatic rings. The summed E-state index contributed by atoms with van der Waals surface area (Å²) in [7, 11) is 3.59. The van der Waals surface area contributed by atoms with Gasteiger partial charge in [0.25, 0.3) is 0 Å². The summed E-state index contributed by atoms with van der Waals surface area (Å²) in [6.45, 7) is 7.28. The van der Waals surface area contributed by atoms with Crippen molar-refractivity contribution >= 4 is 5.91 Å². The molecule has 1 saturated heterocycles. The molecule has 1 rings (SSSR count). The van der Waals surface area contributed by atoms with Crippen molar-refractivity contribution in [1.82, 2.24) is 10.2 Å². The number of hydrogen-bond acceptors (Lipinski definition) is 4. The number of methoxy groups -OCH3 is 1. The molecule has 0 aromatic rings. The van der Waals surface area contributed by atoms with E-state index in [1.54, 1.807) is 14.2 Å². The maximum Gasteiger partial charge on any atom is 0.237 e. The van der Waals surface area contributed by atoms with Crippen LogP contribution < -0.4 is 11.1 Å². The van der Waals surface area contributed by atoms with E-state index in [0.29, 0.717) is 0 Å². The minimum Gasteiger partial charge on any atom is -0.377 e. The Labute approximate surface area is 123 Å². The Morgan fingerprint density at radius 1 is 1.50 bits per heavy atom. The number of nitrogens with one attached hydrogen (secondary N) is 1. The van der Waals surface area contributed by atoms with Crippen LogP contribution in [0.3, 0.4) is 0 Å². The first-order valence-corrected chi connectivity index (χ1v) is 7.61. The molecular weight excluding hydrogens is 254 g/mol. The first-order chi connectivity index (χ1) is 9.35. The molecule has 0 aromatic heterocycles. The van der Waals surface area contributed by atoms with E-state index in [-0.39, 0.29) is 11.5 Å². The van der Waals surface area contributed by atoms with Crippen molar-refractivity contribution in [1.29, 1.82) is 0 Å². The molecule has 2 atom stereocenters. The maximum absolute atomic E-state index is 11.4. The Bertz CT molecular complexity index is 324. The number of ether oxygens (including phenoxy) is 1. The van der Waals surface area contributed by atoms with Crippen LogP contribution >= 0.6 is 0 Å². The van der Waals surface area contributed by atoms with Crippen LogP contribution in [0.5, 0.6) is 0 Å². The summed E-state index contributed by atoms with van der Waals surface area (Å²) in [4.78, 5) is 13.9. The van der Waals surface area contributed by atoms with E-state index in [2.05, 4.69) is 17.1 Å². The van der Waals surface area contributed by atoms with Crippen LogP contribution in [0.25, 0.3) is 0 Å². The number of likely N-dealkylation sites (tertiary alicyclic amines) is 1. The van der Waals surface area contributed by atoms with Gasteiger partial charge in [-0.15, -0.1) is 0 Å². The van der Waals surface area contributed by atoms with Crippen LogP contribution in [0.1, 0.15) is 46.0 Å². The number of piperidine rings is 1. The van der Waals surface area contributed by atoms with E-state index in [4.69, 9.17) is 10.5 Å². The summed E-state index contributed by atoms with van der Waals surface area (Å²) in [6.07, 6.45) is 5.21. The van der Waals surface area contributed by atoms with Crippen LogP contribution in [-0.4, -0.2) is 55.7 Å². The molecule has 2 unspecified atom stereocenters. The highest BCUT2D eigenvalue weighted by atomic mass is 16.5. The number of unbranched alkanes of at least 4 members (excludes halogenated alkanes) is 1. The maximum atomic E-state index is 11.4. The predicted octanol–water partition coefficient (Wildman–Crippen LogP) is 1.12. The van der Waals surface area contributed by atoms with Gasteiger partial charge in [0.05, 0.1) is 11.1 Å². The third-order valence-corrected chi connectivity index (χ3v) is 4.73. The quantitative estimate of drug-likeness (QED) is 0.656. The molecule has 1 aliphatic heterocycles. The third-order valence-electron chi connectivity index (χ3n) is 4.73. The van der Waals surface area contributed by atoms with E-state index < -0.39 is 5.54 Å². The fraction of sp³-hybridized carbons (Fsp3) is 0.933. The Kier molecular flexibility index (Phi) is 6.43. The van der Waals surface area contributed by atoms with Crippen molar-refractivity contribution in [2.75, 3.05) is 33.8 Å². The standard InChI is InChI=1S/C15H31N3O2/c1-14(20-4)8-7-11-18(12-14)10-6-5-9-15(2,17-3)13(16)19/h17H,5-12H2,1-4H3,(H2,16,19). The van der Waals surface area contributed by atoms with Gasteiger partial charge in [-0.05, 0) is 66.1 Å². The molecule has 1 amide bonds. The summed E-state index contributed by atoms with van der Waals surface area (Å²) in [5.74, 6) is -0.273. The van der Waals surface area contributed by atoms with Crippen LogP contribution in [0.4, 0.5) is 0 Å². The van der Waals surface area contributed by atoms with E-state index >= 15 is 0 Å². The van der Waals surface area contributed by atoms with E-state index in [0.717, 1.165) is 45.3 Å². The van der Waals surface area contributed by atoms with Crippen molar-refractivity contribution in [3.63, 3.8) is 0 Å². The highest BCUT2D eigenvalue weighted by molar-refractivity contribution is 5.84. The van der Waals surface area contributed by atoms with Gasteiger partial charge in [0, 0.05) is 13.7 Å². The molecule has 20 heavy (non-hydrogen) atoms. The van der Waals surface area contributed by atoms with E-state index in [1.807, 2.05) is 6.92 Å². The first-order valence-electron chi connectivity index (χ1n) is 7.61. The van der Waals surface area contributed by atoms with Crippen molar-refractivity contribution in [2.45, 2.75) is 57.1 Å². The number of likely N-dealkylation sites (N-methyl/N-ethyl adjacent to an activating group) is 1. The summed E-state index contributed by atoms with van der Waals surface area (Å²) >= 11 is 0. The van der Waals surface area contributed by atoms with Gasteiger partial charge in [0.2, 0.25) is 5.91 Å². The van der Waals surface area contributed by atoms with Gasteiger partial charge in [-0.25, -0.2) is 0 Å². The number of rotatable bonds is 8. The Balaban J connectivity index is 2.29. The average molecular weight is 285 g/mol. The highest BCUT2D eigenvalue weighted by Crippen LogP contribution is 2.24. The predicted molar refractivity (Wildman–Crippen MR) is 81.6 cm³/mol. The Morgan fingerprint density at radius 2 is 2.20 bits per heavy atom. The lowest BCUT2D eigenvalue weighted by molar-refractivity contribution is -0.123. The van der Waals surface area contributed by atoms with Gasteiger partial charge in [0.1, 0.15) is 0 Å². The minimum absolute atomic E-state index is 0.00492. The molecule has 118 valence electrons. The van der Waals surface area contributed by atoms with Gasteiger partial charge in [-0.3, -0.25) is 4.79 Å². The van der Waals surface area contributed by atoms with Crippen molar-refractivity contribution in [3.05, 3.63) is 0 Å². The summed E-state index contributed by atoms with van der Waals surface area (Å²) in [5, 5.41) is 3.03. The molecule has 3 N–H and O–H groups in total.